The van der Waals surface area contributed by atoms with Crippen molar-refractivity contribution < 1.29 is 33.1 Å². The first-order chi connectivity index (χ1) is 17.8. The summed E-state index contributed by atoms with van der Waals surface area (Å²) in [6.07, 6.45) is 3.44. The van der Waals surface area contributed by atoms with Crippen LogP contribution in [0.25, 0.3) is 0 Å². The molecule has 0 fully saturated rings. The lowest BCUT2D eigenvalue weighted by Crippen LogP contribution is -2.48. The molecule has 0 radical (unpaired) electrons. The van der Waals surface area contributed by atoms with Gasteiger partial charge in [0.1, 0.15) is 46.4 Å². The minimum atomic E-state index is -3.48. The fraction of sp³-hybridized carbons (Fsp3) is 0.517. The fourth-order valence-electron chi connectivity index (χ4n) is 4.97. The van der Waals surface area contributed by atoms with E-state index in [1.54, 1.807) is 43.3 Å². The van der Waals surface area contributed by atoms with Gasteiger partial charge in [-0.1, -0.05) is 45.7 Å². The van der Waals surface area contributed by atoms with Gasteiger partial charge in [0.15, 0.2) is 11.6 Å². The van der Waals surface area contributed by atoms with Gasteiger partial charge in [-0.15, -0.1) is 0 Å². The summed E-state index contributed by atoms with van der Waals surface area (Å²) in [5.74, 6) is -0.0615. The molecule has 0 saturated heterocycles. The molecule has 8 heteroatoms. The molecule has 0 aliphatic carbocycles. The molecule has 0 aliphatic heterocycles. The normalized spacial score (nSPS) is 11.6. The van der Waals surface area contributed by atoms with E-state index < -0.39 is 23.9 Å². The zero-order valence-electron chi connectivity index (χ0n) is 23.2. The molecule has 2 rings (SSSR count). The number of carbonyl (C=O) groups excluding carboxylic acids is 2. The van der Waals surface area contributed by atoms with Gasteiger partial charge in [0.05, 0.1) is 28.4 Å². The second-order valence-electron chi connectivity index (χ2n) is 8.99. The standard InChI is InChI=1S/C29H41O7P/c1-8-11-19-37(32,20-12-9-2)29(10-3,27(30)25-21(33-4)15-13-16-22(25)34-5)28(31)26-23(35-6)17-14-18-24(26)36-7/h13-18H,8-12,19-20H2,1-7H3. The molecule has 0 N–H and O–H groups in total. The van der Waals surface area contributed by atoms with E-state index in [-0.39, 0.29) is 52.9 Å². The zero-order valence-corrected chi connectivity index (χ0v) is 24.1. The van der Waals surface area contributed by atoms with E-state index in [0.29, 0.717) is 12.8 Å². The van der Waals surface area contributed by atoms with Crippen molar-refractivity contribution in [3.8, 4) is 23.0 Å². The molecule has 2 aromatic carbocycles. The van der Waals surface area contributed by atoms with Crippen LogP contribution in [-0.4, -0.2) is 57.5 Å². The van der Waals surface area contributed by atoms with Gasteiger partial charge in [0.2, 0.25) is 0 Å². The number of ether oxygens (including phenoxy) is 4. The molecule has 204 valence electrons. The minimum Gasteiger partial charge on any atom is -0.496 e. The number of hydrogen-bond donors (Lipinski definition) is 0. The average molecular weight is 533 g/mol. The maximum absolute atomic E-state index is 15.2. The van der Waals surface area contributed by atoms with Crippen LogP contribution in [0.3, 0.4) is 0 Å². The lowest BCUT2D eigenvalue weighted by atomic mass is 9.85. The summed E-state index contributed by atoms with van der Waals surface area (Å²) in [6.45, 7) is 5.77. The number of rotatable bonds is 16. The van der Waals surface area contributed by atoms with E-state index >= 15 is 4.57 Å². The van der Waals surface area contributed by atoms with Gasteiger partial charge in [-0.05, 0) is 43.5 Å². The lowest BCUT2D eigenvalue weighted by molar-refractivity contribution is 0.0818. The topological polar surface area (TPSA) is 88.1 Å². The summed E-state index contributed by atoms with van der Waals surface area (Å²) >= 11 is 0. The molecule has 0 spiro atoms. The van der Waals surface area contributed by atoms with Crippen molar-refractivity contribution in [3.63, 3.8) is 0 Å². The number of ketones is 2. The Balaban J connectivity index is 3.04. The van der Waals surface area contributed by atoms with Crippen molar-refractivity contribution in [3.05, 3.63) is 47.5 Å². The highest BCUT2D eigenvalue weighted by Crippen LogP contribution is 2.64. The Kier molecular flexibility index (Phi) is 11.2. The maximum Gasteiger partial charge on any atom is 0.191 e. The van der Waals surface area contributed by atoms with Gasteiger partial charge < -0.3 is 23.5 Å². The first kappa shape index (κ1) is 30.4. The summed E-state index contributed by atoms with van der Waals surface area (Å²) in [7, 11) is 2.35. The van der Waals surface area contributed by atoms with Gasteiger partial charge in [-0.3, -0.25) is 9.59 Å². The van der Waals surface area contributed by atoms with E-state index in [4.69, 9.17) is 18.9 Å². The third kappa shape index (κ3) is 5.72. The Bertz CT molecular complexity index is 1000. The van der Waals surface area contributed by atoms with Crippen molar-refractivity contribution in [2.24, 2.45) is 0 Å². The van der Waals surface area contributed by atoms with Crippen LogP contribution < -0.4 is 18.9 Å². The van der Waals surface area contributed by atoms with E-state index in [1.807, 2.05) is 13.8 Å². The predicted molar refractivity (Wildman–Crippen MR) is 148 cm³/mol. The Labute approximate surface area is 221 Å². The van der Waals surface area contributed by atoms with E-state index in [9.17, 15) is 9.59 Å². The van der Waals surface area contributed by atoms with Gasteiger partial charge in [0, 0.05) is 12.3 Å². The molecule has 0 amide bonds. The third-order valence-electron chi connectivity index (χ3n) is 7.01. The molecular weight excluding hydrogens is 491 g/mol. The van der Waals surface area contributed by atoms with E-state index in [0.717, 1.165) is 12.8 Å². The highest BCUT2D eigenvalue weighted by Gasteiger charge is 2.59. The Morgan fingerprint density at radius 2 is 1.00 bits per heavy atom. The van der Waals surface area contributed by atoms with Crippen molar-refractivity contribution in [1.82, 2.24) is 0 Å². The molecule has 37 heavy (non-hydrogen) atoms. The van der Waals surface area contributed by atoms with Crippen LogP contribution in [0.5, 0.6) is 23.0 Å². The molecule has 0 saturated carbocycles. The molecule has 7 nitrogen and oxygen atoms in total. The summed E-state index contributed by atoms with van der Waals surface area (Å²) < 4.78 is 37.4. The largest absolute Gasteiger partial charge is 0.496 e. The molecule has 0 atom stereocenters. The SMILES string of the molecule is CCCCP(=O)(CCCC)C(CC)(C(=O)c1c(OC)cccc1OC)C(=O)c1c(OC)cccc1OC. The van der Waals surface area contributed by atoms with Crippen molar-refractivity contribution in [2.45, 2.75) is 58.0 Å². The van der Waals surface area contributed by atoms with Gasteiger partial charge in [0.25, 0.3) is 0 Å². The molecule has 0 aromatic heterocycles. The highest BCUT2D eigenvalue weighted by atomic mass is 31.2. The van der Waals surface area contributed by atoms with Gasteiger partial charge in [-0.25, -0.2) is 0 Å². The number of Topliss-reactive ketones (excluding diaryl/α,β-unsaturated/α-hetero) is 2. The number of methoxy groups -OCH3 is 4. The molecule has 0 bridgehead atoms. The van der Waals surface area contributed by atoms with E-state index in [1.165, 1.54) is 28.4 Å². The second kappa shape index (κ2) is 13.7. The number of hydrogen-bond acceptors (Lipinski definition) is 7. The van der Waals surface area contributed by atoms with Crippen molar-refractivity contribution in [2.75, 3.05) is 40.8 Å². The molecule has 0 unspecified atom stereocenters. The molecule has 0 aliphatic rings. The van der Waals surface area contributed by atoms with Crippen LogP contribution in [0.2, 0.25) is 0 Å². The van der Waals surface area contributed by atoms with E-state index in [2.05, 4.69) is 0 Å². The van der Waals surface area contributed by atoms with Gasteiger partial charge >= 0.3 is 0 Å². The minimum absolute atomic E-state index is 0.0395. The first-order valence-corrected chi connectivity index (χ1v) is 14.9. The lowest BCUT2D eigenvalue weighted by Gasteiger charge is -2.39. The van der Waals surface area contributed by atoms with Crippen LogP contribution in [0, 0.1) is 0 Å². The van der Waals surface area contributed by atoms with Crippen LogP contribution >= 0.6 is 7.14 Å². The number of benzene rings is 2. The summed E-state index contributed by atoms with van der Waals surface area (Å²) in [5, 5.41) is -1.86. The second-order valence-corrected chi connectivity index (χ2v) is 12.4. The number of unbranched alkanes of at least 4 members (excludes halogenated alkanes) is 2. The zero-order chi connectivity index (χ0) is 27.6. The fourth-order valence-corrected chi connectivity index (χ4v) is 9.15. The van der Waals surface area contributed by atoms with Crippen LogP contribution in [0.1, 0.15) is 73.6 Å². The Hall–Kier alpha value is -2.79. The molecular formula is C29H41O7P. The quantitative estimate of drug-likeness (QED) is 0.132. The first-order valence-electron chi connectivity index (χ1n) is 12.9. The smallest absolute Gasteiger partial charge is 0.191 e. The van der Waals surface area contributed by atoms with Crippen LogP contribution in [0.4, 0.5) is 0 Å². The van der Waals surface area contributed by atoms with Crippen LogP contribution in [0.15, 0.2) is 36.4 Å². The summed E-state index contributed by atoms with van der Waals surface area (Å²) in [5.41, 5.74) is 0.231. The highest BCUT2D eigenvalue weighted by molar-refractivity contribution is 7.67. The van der Waals surface area contributed by atoms with Crippen molar-refractivity contribution >= 4 is 18.7 Å². The summed E-state index contributed by atoms with van der Waals surface area (Å²) in [4.78, 5) is 29.6. The van der Waals surface area contributed by atoms with Gasteiger partial charge in [-0.2, -0.15) is 0 Å². The Morgan fingerprint density at radius 1 is 0.676 bits per heavy atom. The monoisotopic (exact) mass is 532 g/mol. The maximum atomic E-state index is 15.2. The predicted octanol–water partition coefficient (Wildman–Crippen LogP) is 6.90. The molecule has 2 aromatic rings. The number of carbonyl (C=O) groups is 2. The third-order valence-corrected chi connectivity index (χ3v) is 11.2. The van der Waals surface area contributed by atoms with Crippen molar-refractivity contribution in [1.29, 1.82) is 0 Å². The average Bonchev–Trinajstić information content (AvgIpc) is 2.94. The molecule has 0 heterocycles. The summed E-state index contributed by atoms with van der Waals surface area (Å²) in [6, 6.07) is 10.0. The Morgan fingerprint density at radius 3 is 1.24 bits per heavy atom. The van der Waals surface area contributed by atoms with Crippen LogP contribution in [-0.2, 0) is 4.57 Å².